The van der Waals surface area contributed by atoms with Crippen molar-refractivity contribution in [2.45, 2.75) is 24.0 Å². The Hall–Kier alpha value is -3.49. The first-order chi connectivity index (χ1) is 16.1. The highest BCUT2D eigenvalue weighted by Crippen LogP contribution is 2.27. The van der Waals surface area contributed by atoms with Crippen LogP contribution in [0.5, 0.6) is 0 Å². The zero-order valence-electron chi connectivity index (χ0n) is 17.8. The number of para-hydroxylation sites is 1. The lowest BCUT2D eigenvalue weighted by Crippen LogP contribution is -2.13. The Morgan fingerprint density at radius 1 is 1.00 bits per heavy atom. The van der Waals surface area contributed by atoms with Crippen LogP contribution in [0, 0.1) is 6.92 Å². The summed E-state index contributed by atoms with van der Waals surface area (Å²) in [4.78, 5) is 22.7. The Morgan fingerprint density at radius 2 is 1.79 bits per heavy atom. The van der Waals surface area contributed by atoms with Gasteiger partial charge >= 0.3 is 0 Å². The van der Waals surface area contributed by atoms with Gasteiger partial charge in [-0.15, -0.1) is 23.1 Å². The molecule has 1 amide bonds. The van der Waals surface area contributed by atoms with E-state index in [9.17, 15) is 4.79 Å². The van der Waals surface area contributed by atoms with Crippen molar-refractivity contribution < 1.29 is 9.32 Å². The molecule has 2 aromatic heterocycles. The maximum absolute atomic E-state index is 12.9. The van der Waals surface area contributed by atoms with Crippen molar-refractivity contribution in [1.29, 1.82) is 0 Å². The molecule has 0 aliphatic heterocycles. The molecule has 0 spiro atoms. The third kappa shape index (κ3) is 5.13. The van der Waals surface area contributed by atoms with E-state index in [1.165, 1.54) is 16.5 Å². The lowest BCUT2D eigenvalue weighted by atomic mass is 10.1. The van der Waals surface area contributed by atoms with E-state index in [4.69, 9.17) is 9.51 Å². The van der Waals surface area contributed by atoms with Gasteiger partial charge in [-0.2, -0.15) is 4.98 Å². The van der Waals surface area contributed by atoms with Crippen molar-refractivity contribution >= 4 is 44.9 Å². The first kappa shape index (κ1) is 21.4. The van der Waals surface area contributed by atoms with Crippen molar-refractivity contribution in [1.82, 2.24) is 15.1 Å². The van der Waals surface area contributed by atoms with Gasteiger partial charge in [-0.3, -0.25) is 4.79 Å². The molecule has 0 atom stereocenters. The van der Waals surface area contributed by atoms with E-state index in [1.807, 2.05) is 66.7 Å². The van der Waals surface area contributed by atoms with Gasteiger partial charge in [0.05, 0.1) is 26.5 Å². The van der Waals surface area contributed by atoms with E-state index in [2.05, 4.69) is 21.5 Å². The number of aryl methyl sites for hydroxylation is 1. The molecule has 0 radical (unpaired) electrons. The molecule has 6 nitrogen and oxygen atoms in total. The number of hydrogen-bond donors (Lipinski definition) is 1. The van der Waals surface area contributed by atoms with E-state index < -0.39 is 0 Å². The number of benzene rings is 3. The summed E-state index contributed by atoms with van der Waals surface area (Å²) in [6.07, 6.45) is 0.766. The lowest BCUT2D eigenvalue weighted by molar-refractivity contribution is 0.102. The van der Waals surface area contributed by atoms with Gasteiger partial charge in [0.15, 0.2) is 5.82 Å². The van der Waals surface area contributed by atoms with Crippen LogP contribution in [-0.4, -0.2) is 21.0 Å². The Balaban J connectivity index is 1.24. The maximum atomic E-state index is 12.9. The number of anilines is 1. The molecule has 0 aliphatic carbocycles. The van der Waals surface area contributed by atoms with Crippen molar-refractivity contribution in [3.63, 3.8) is 0 Å². The van der Waals surface area contributed by atoms with Crippen LogP contribution in [0.2, 0.25) is 0 Å². The SMILES string of the molecule is Cc1nc(CSc2ccccc2C(=O)Nc2ccc(Cc3nc4ccccc4s3)cc2)no1. The molecule has 0 saturated carbocycles. The number of thioether (sulfide) groups is 1. The number of nitrogens with one attached hydrogen (secondary N) is 1. The maximum Gasteiger partial charge on any atom is 0.256 e. The fraction of sp³-hybridized carbons (Fsp3) is 0.120. The molecule has 2 heterocycles. The molecule has 5 rings (SSSR count). The number of carbonyl (C=O) groups is 1. The highest BCUT2D eigenvalue weighted by atomic mass is 32.2. The molecule has 3 aromatic carbocycles. The molecule has 5 aromatic rings. The lowest BCUT2D eigenvalue weighted by Gasteiger charge is -2.10. The van der Waals surface area contributed by atoms with Crippen molar-refractivity contribution in [3.8, 4) is 0 Å². The summed E-state index contributed by atoms with van der Waals surface area (Å²) >= 11 is 3.22. The minimum absolute atomic E-state index is 0.152. The predicted molar refractivity (Wildman–Crippen MR) is 132 cm³/mol. The number of nitrogens with zero attached hydrogens (tertiary/aromatic N) is 3. The van der Waals surface area contributed by atoms with Gasteiger partial charge < -0.3 is 9.84 Å². The third-order valence-electron chi connectivity index (χ3n) is 4.96. The highest BCUT2D eigenvalue weighted by molar-refractivity contribution is 7.98. The second kappa shape index (κ2) is 9.56. The number of rotatable bonds is 7. The number of hydrogen-bond acceptors (Lipinski definition) is 7. The molecule has 0 fully saturated rings. The monoisotopic (exact) mass is 472 g/mol. The first-order valence-electron chi connectivity index (χ1n) is 10.4. The largest absolute Gasteiger partial charge is 0.340 e. The minimum Gasteiger partial charge on any atom is -0.340 e. The van der Waals surface area contributed by atoms with Crippen LogP contribution in [0.15, 0.2) is 82.2 Å². The number of carbonyl (C=O) groups excluding carboxylic acids is 1. The summed E-state index contributed by atoms with van der Waals surface area (Å²) in [5, 5.41) is 7.99. The Morgan fingerprint density at radius 3 is 2.58 bits per heavy atom. The molecule has 0 unspecified atom stereocenters. The van der Waals surface area contributed by atoms with Crippen LogP contribution in [0.1, 0.15) is 32.6 Å². The molecular formula is C25H20N4O2S2. The number of fused-ring (bicyclic) bond motifs is 1. The van der Waals surface area contributed by atoms with Crippen LogP contribution in [0.3, 0.4) is 0 Å². The van der Waals surface area contributed by atoms with Gasteiger partial charge in [-0.05, 0) is 42.0 Å². The van der Waals surface area contributed by atoms with Gasteiger partial charge in [0.1, 0.15) is 0 Å². The van der Waals surface area contributed by atoms with Crippen LogP contribution in [0.4, 0.5) is 5.69 Å². The van der Waals surface area contributed by atoms with Crippen LogP contribution in [-0.2, 0) is 12.2 Å². The smallest absolute Gasteiger partial charge is 0.256 e. The van der Waals surface area contributed by atoms with E-state index in [1.54, 1.807) is 18.3 Å². The van der Waals surface area contributed by atoms with Crippen molar-refractivity contribution in [2.24, 2.45) is 0 Å². The van der Waals surface area contributed by atoms with Crippen LogP contribution < -0.4 is 5.32 Å². The zero-order valence-corrected chi connectivity index (χ0v) is 19.5. The van der Waals surface area contributed by atoms with Crippen molar-refractivity contribution in [3.05, 3.63) is 101 Å². The molecule has 33 heavy (non-hydrogen) atoms. The second-order valence-corrected chi connectivity index (χ2v) is 9.55. The quantitative estimate of drug-likeness (QED) is 0.287. The molecule has 0 saturated heterocycles. The predicted octanol–water partition coefficient (Wildman–Crippen LogP) is 6.12. The summed E-state index contributed by atoms with van der Waals surface area (Å²) in [5.41, 5.74) is 3.55. The number of amides is 1. The number of aromatic nitrogens is 3. The van der Waals surface area contributed by atoms with Gasteiger partial charge in [0.25, 0.3) is 5.91 Å². The van der Waals surface area contributed by atoms with E-state index >= 15 is 0 Å². The fourth-order valence-corrected chi connectivity index (χ4v) is 5.29. The minimum atomic E-state index is -0.152. The zero-order chi connectivity index (χ0) is 22.6. The Labute approximate surface area is 199 Å². The standard InChI is InChI=1S/C25H20N4O2S2/c1-16-26-23(29-31-16)15-32-21-8-4-2-6-19(21)25(30)27-18-12-10-17(11-13-18)14-24-28-20-7-3-5-9-22(20)33-24/h2-13H,14-15H2,1H3,(H,27,30). The van der Waals surface area contributed by atoms with E-state index in [0.29, 0.717) is 23.0 Å². The normalized spacial score (nSPS) is 11.1. The van der Waals surface area contributed by atoms with E-state index in [0.717, 1.165) is 33.1 Å². The van der Waals surface area contributed by atoms with Gasteiger partial charge in [-0.25, -0.2) is 4.98 Å². The van der Waals surface area contributed by atoms with Crippen molar-refractivity contribution in [2.75, 3.05) is 5.32 Å². The summed E-state index contributed by atoms with van der Waals surface area (Å²) in [5.74, 6) is 1.52. The second-order valence-electron chi connectivity index (χ2n) is 7.42. The summed E-state index contributed by atoms with van der Waals surface area (Å²) in [6.45, 7) is 1.76. The Kier molecular flexibility index (Phi) is 6.19. The van der Waals surface area contributed by atoms with Gasteiger partial charge in [0, 0.05) is 23.9 Å². The van der Waals surface area contributed by atoms with Crippen LogP contribution >= 0.6 is 23.1 Å². The third-order valence-corrected chi connectivity index (χ3v) is 7.07. The molecular weight excluding hydrogens is 452 g/mol. The summed E-state index contributed by atoms with van der Waals surface area (Å²) in [6, 6.07) is 23.6. The van der Waals surface area contributed by atoms with Crippen LogP contribution in [0.25, 0.3) is 10.2 Å². The summed E-state index contributed by atoms with van der Waals surface area (Å²) in [7, 11) is 0. The summed E-state index contributed by atoms with van der Waals surface area (Å²) < 4.78 is 6.21. The molecule has 0 aliphatic rings. The highest BCUT2D eigenvalue weighted by Gasteiger charge is 2.13. The average molecular weight is 473 g/mol. The first-order valence-corrected chi connectivity index (χ1v) is 12.2. The van der Waals surface area contributed by atoms with E-state index in [-0.39, 0.29) is 5.91 Å². The fourth-order valence-electron chi connectivity index (χ4n) is 3.40. The number of thiazole rings is 1. The van der Waals surface area contributed by atoms with Gasteiger partial charge in [0.2, 0.25) is 5.89 Å². The molecule has 0 bridgehead atoms. The topological polar surface area (TPSA) is 80.9 Å². The molecule has 1 N–H and O–H groups in total. The molecule has 8 heteroatoms. The van der Waals surface area contributed by atoms with Gasteiger partial charge in [-0.1, -0.05) is 41.6 Å². The Bertz CT molecular complexity index is 1380. The average Bonchev–Trinajstić information content (AvgIpc) is 3.44. The molecule has 164 valence electrons.